The van der Waals surface area contributed by atoms with Crippen LogP contribution < -0.4 is 10.6 Å². The van der Waals surface area contributed by atoms with Gasteiger partial charge in [-0.25, -0.2) is 14.8 Å². The van der Waals surface area contributed by atoms with Gasteiger partial charge in [-0.15, -0.1) is 0 Å². The van der Waals surface area contributed by atoms with Crippen molar-refractivity contribution < 1.29 is 14.3 Å². The number of methoxy groups -OCH3 is 1. The van der Waals surface area contributed by atoms with E-state index in [1.165, 1.54) is 19.9 Å². The van der Waals surface area contributed by atoms with Crippen LogP contribution in [-0.4, -0.2) is 33.9 Å². The van der Waals surface area contributed by atoms with Gasteiger partial charge in [0.05, 0.1) is 17.9 Å². The molecule has 1 spiro atoms. The molecule has 2 aliphatic rings. The number of hydrogen-bond donors (Lipinski definition) is 3. The molecule has 8 heteroatoms. The third-order valence-electron chi connectivity index (χ3n) is 6.02. The Morgan fingerprint density at radius 2 is 2.00 bits per heavy atom. The number of nitrogens with zero attached hydrogens (tertiary/aromatic N) is 2. The van der Waals surface area contributed by atoms with Crippen molar-refractivity contribution in [3.63, 3.8) is 0 Å². The Kier molecular flexibility index (Phi) is 4.01. The van der Waals surface area contributed by atoms with E-state index in [0.717, 1.165) is 42.6 Å². The highest BCUT2D eigenvalue weighted by Gasteiger charge is 2.47. The molecule has 8 nitrogen and oxygen atoms in total. The summed E-state index contributed by atoms with van der Waals surface area (Å²) in [5, 5.41) is 7.06. The fourth-order valence-corrected chi connectivity index (χ4v) is 4.54. The Bertz CT molecular complexity index is 1130. The molecule has 0 saturated heterocycles. The second-order valence-corrected chi connectivity index (χ2v) is 7.64. The number of amides is 1. The molecule has 1 fully saturated rings. The summed E-state index contributed by atoms with van der Waals surface area (Å²) < 4.78 is 4.77. The normalized spacial score (nSPS) is 17.2. The molecule has 2 aromatic heterocycles. The number of fused-ring (bicyclic) bond motifs is 3. The van der Waals surface area contributed by atoms with E-state index in [9.17, 15) is 9.59 Å². The smallest absolute Gasteiger partial charge is 0.354 e. The van der Waals surface area contributed by atoms with Crippen molar-refractivity contribution in [2.75, 3.05) is 17.7 Å². The van der Waals surface area contributed by atoms with Gasteiger partial charge in [-0.2, -0.15) is 0 Å². The minimum absolute atomic E-state index is 0.113. The van der Waals surface area contributed by atoms with E-state index in [0.29, 0.717) is 22.5 Å². The summed E-state index contributed by atoms with van der Waals surface area (Å²) in [5.74, 6) is 0.230. The molecule has 5 rings (SSSR count). The number of anilines is 3. The second kappa shape index (κ2) is 6.58. The van der Waals surface area contributed by atoms with E-state index in [1.807, 2.05) is 18.2 Å². The first-order valence-electron chi connectivity index (χ1n) is 9.76. The molecule has 0 radical (unpaired) electrons. The van der Waals surface area contributed by atoms with Crippen LogP contribution in [0.1, 0.15) is 48.2 Å². The lowest BCUT2D eigenvalue weighted by Gasteiger charge is -2.31. The van der Waals surface area contributed by atoms with Crippen LogP contribution in [-0.2, 0) is 14.9 Å². The predicted octanol–water partition coefficient (Wildman–Crippen LogP) is 3.64. The maximum absolute atomic E-state index is 12.7. The summed E-state index contributed by atoms with van der Waals surface area (Å²) in [6.07, 6.45) is 6.51. The summed E-state index contributed by atoms with van der Waals surface area (Å²) in [6, 6.07) is 7.57. The molecule has 3 heterocycles. The number of esters is 1. The van der Waals surface area contributed by atoms with Crippen LogP contribution in [0.5, 0.6) is 0 Å². The van der Waals surface area contributed by atoms with E-state index in [1.54, 1.807) is 6.07 Å². The number of H-pyrrole nitrogens is 1. The van der Waals surface area contributed by atoms with Gasteiger partial charge >= 0.3 is 5.97 Å². The Labute approximate surface area is 167 Å². The van der Waals surface area contributed by atoms with Gasteiger partial charge in [0.15, 0.2) is 0 Å². The van der Waals surface area contributed by atoms with E-state index in [2.05, 4.69) is 25.6 Å². The molecule has 0 atom stereocenters. The van der Waals surface area contributed by atoms with Gasteiger partial charge in [0.25, 0.3) is 0 Å². The van der Waals surface area contributed by atoms with E-state index in [-0.39, 0.29) is 5.91 Å². The molecule has 1 amide bonds. The van der Waals surface area contributed by atoms with Crippen molar-refractivity contribution in [2.24, 2.45) is 0 Å². The first-order valence-corrected chi connectivity index (χ1v) is 9.76. The third-order valence-corrected chi connectivity index (χ3v) is 6.02. The van der Waals surface area contributed by atoms with Gasteiger partial charge in [-0.3, -0.25) is 4.79 Å². The molecule has 0 bridgehead atoms. The second-order valence-electron chi connectivity index (χ2n) is 7.64. The highest BCUT2D eigenvalue weighted by Crippen LogP contribution is 2.48. The van der Waals surface area contributed by atoms with Crippen molar-refractivity contribution in [3.8, 4) is 0 Å². The van der Waals surface area contributed by atoms with Crippen molar-refractivity contribution in [1.29, 1.82) is 0 Å². The standard InChI is InChI=1S/C21H21N5O3/c1-29-19(27)16-10-13-17(22-11-23-18(13)25-16)24-12-5-6-15-14(9-12)21(20(28)26-15)7-3-2-4-8-21/h5-6,9-11H,2-4,7-8H2,1H3,(H,26,28)(H2,22,23,24,25). The van der Waals surface area contributed by atoms with Crippen LogP contribution in [0.3, 0.4) is 0 Å². The molecule has 1 aliphatic heterocycles. The monoisotopic (exact) mass is 391 g/mol. The van der Waals surface area contributed by atoms with Crippen LogP contribution in [0.2, 0.25) is 0 Å². The zero-order chi connectivity index (χ0) is 20.0. The van der Waals surface area contributed by atoms with Crippen molar-refractivity contribution in [3.05, 3.63) is 41.9 Å². The minimum Gasteiger partial charge on any atom is -0.464 e. The van der Waals surface area contributed by atoms with Crippen LogP contribution in [0.15, 0.2) is 30.6 Å². The van der Waals surface area contributed by atoms with Crippen molar-refractivity contribution >= 4 is 40.1 Å². The Morgan fingerprint density at radius 1 is 1.17 bits per heavy atom. The van der Waals surface area contributed by atoms with Crippen LogP contribution in [0.25, 0.3) is 11.0 Å². The van der Waals surface area contributed by atoms with Crippen molar-refractivity contribution in [2.45, 2.75) is 37.5 Å². The lowest BCUT2D eigenvalue weighted by Crippen LogP contribution is -2.36. The van der Waals surface area contributed by atoms with Gasteiger partial charge in [-0.05, 0) is 42.7 Å². The summed E-state index contributed by atoms with van der Waals surface area (Å²) in [7, 11) is 1.33. The number of ether oxygens (including phenoxy) is 1. The molecule has 29 heavy (non-hydrogen) atoms. The maximum Gasteiger partial charge on any atom is 0.354 e. The molecular weight excluding hydrogens is 370 g/mol. The number of hydrogen-bond acceptors (Lipinski definition) is 6. The molecule has 3 N–H and O–H groups in total. The molecule has 0 unspecified atom stereocenters. The number of carbonyl (C=O) groups is 2. The van der Waals surface area contributed by atoms with Crippen LogP contribution in [0, 0.1) is 0 Å². The van der Waals surface area contributed by atoms with Gasteiger partial charge in [-0.1, -0.05) is 19.3 Å². The fraction of sp³-hybridized carbons (Fsp3) is 0.333. The number of carbonyl (C=O) groups excluding carboxylic acids is 2. The van der Waals surface area contributed by atoms with Gasteiger partial charge in [0.1, 0.15) is 23.5 Å². The highest BCUT2D eigenvalue weighted by atomic mass is 16.5. The summed E-state index contributed by atoms with van der Waals surface area (Å²) in [5.41, 5.74) is 3.23. The summed E-state index contributed by atoms with van der Waals surface area (Å²) in [4.78, 5) is 36.0. The number of aromatic nitrogens is 3. The number of rotatable bonds is 3. The zero-order valence-corrected chi connectivity index (χ0v) is 16.0. The quantitative estimate of drug-likeness (QED) is 0.588. The van der Waals surface area contributed by atoms with Gasteiger partial charge in [0, 0.05) is 11.4 Å². The van der Waals surface area contributed by atoms with Gasteiger partial charge in [0.2, 0.25) is 5.91 Å². The molecule has 1 saturated carbocycles. The minimum atomic E-state index is -0.463. The zero-order valence-electron chi connectivity index (χ0n) is 16.0. The fourth-order valence-electron chi connectivity index (χ4n) is 4.54. The molecule has 1 aliphatic carbocycles. The molecular formula is C21H21N5O3. The predicted molar refractivity (Wildman–Crippen MR) is 108 cm³/mol. The first kappa shape index (κ1) is 17.7. The highest BCUT2D eigenvalue weighted by molar-refractivity contribution is 6.07. The molecule has 3 aromatic rings. The number of benzene rings is 1. The van der Waals surface area contributed by atoms with Gasteiger partial charge < -0.3 is 20.4 Å². The largest absolute Gasteiger partial charge is 0.464 e. The van der Waals surface area contributed by atoms with Crippen molar-refractivity contribution in [1.82, 2.24) is 15.0 Å². The Balaban J connectivity index is 1.52. The lowest BCUT2D eigenvalue weighted by molar-refractivity contribution is -0.121. The average Bonchev–Trinajstić information content (AvgIpc) is 3.29. The lowest BCUT2D eigenvalue weighted by atomic mass is 9.70. The van der Waals surface area contributed by atoms with E-state index < -0.39 is 11.4 Å². The summed E-state index contributed by atoms with van der Waals surface area (Å²) >= 11 is 0. The average molecular weight is 391 g/mol. The molecule has 1 aromatic carbocycles. The Morgan fingerprint density at radius 3 is 2.79 bits per heavy atom. The molecule has 148 valence electrons. The number of nitrogens with one attached hydrogen (secondary N) is 3. The third kappa shape index (κ3) is 2.74. The van der Waals surface area contributed by atoms with E-state index in [4.69, 9.17) is 4.74 Å². The number of aromatic amines is 1. The Hall–Kier alpha value is -3.42. The van der Waals surface area contributed by atoms with Crippen LogP contribution in [0.4, 0.5) is 17.2 Å². The van der Waals surface area contributed by atoms with E-state index >= 15 is 0 Å². The SMILES string of the molecule is COC(=O)c1cc2c(Nc3ccc4c(c3)C3(CCCCC3)C(=O)N4)ncnc2[nH]1. The summed E-state index contributed by atoms with van der Waals surface area (Å²) in [6.45, 7) is 0. The first-order chi connectivity index (χ1) is 14.1. The maximum atomic E-state index is 12.7. The van der Waals surface area contributed by atoms with Crippen LogP contribution >= 0.6 is 0 Å². The topological polar surface area (TPSA) is 109 Å².